The third-order valence-corrected chi connectivity index (χ3v) is 2.04. The van der Waals surface area contributed by atoms with Gasteiger partial charge in [0, 0.05) is 0 Å². The second-order valence-electron chi connectivity index (χ2n) is 3.17. The Morgan fingerprint density at radius 2 is 2.12 bits per heavy atom. The minimum absolute atomic E-state index is 0.0399. The van der Waals surface area contributed by atoms with Crippen molar-refractivity contribution in [1.29, 1.82) is 0 Å². The van der Waals surface area contributed by atoms with Crippen LogP contribution in [-0.4, -0.2) is 12.0 Å². The standard InChI is InChI=1S/C12H13NO3/c1-10-6-4-3-5-7-11(13(14)15)12(16-2)9-8-10/h3-6,8-9H,1,7H2,2H3/b5-3-,6-4-,9-8-,12-11-. The van der Waals surface area contributed by atoms with Crippen LogP contribution < -0.4 is 0 Å². The first-order chi connectivity index (χ1) is 7.65. The predicted octanol–water partition coefficient (Wildman–Crippen LogP) is 2.75. The van der Waals surface area contributed by atoms with E-state index in [1.165, 1.54) is 7.11 Å². The minimum atomic E-state index is -0.429. The number of allylic oxidation sites excluding steroid dienone is 7. The van der Waals surface area contributed by atoms with Crippen molar-refractivity contribution in [2.24, 2.45) is 0 Å². The molecule has 1 rings (SSSR count). The molecule has 0 radical (unpaired) electrons. The van der Waals surface area contributed by atoms with Crippen molar-refractivity contribution >= 4 is 0 Å². The number of hydrogen-bond donors (Lipinski definition) is 0. The zero-order valence-electron chi connectivity index (χ0n) is 9.05. The highest BCUT2D eigenvalue weighted by Crippen LogP contribution is 2.15. The van der Waals surface area contributed by atoms with Crippen molar-refractivity contribution in [2.75, 3.05) is 7.11 Å². The molecule has 0 amide bonds. The molecule has 0 saturated heterocycles. The third-order valence-electron chi connectivity index (χ3n) is 2.04. The van der Waals surface area contributed by atoms with Gasteiger partial charge < -0.3 is 4.74 Å². The minimum Gasteiger partial charge on any atom is -0.490 e. The van der Waals surface area contributed by atoms with Crippen LogP contribution in [0.25, 0.3) is 0 Å². The van der Waals surface area contributed by atoms with Gasteiger partial charge in [-0.3, -0.25) is 10.1 Å². The van der Waals surface area contributed by atoms with Gasteiger partial charge in [-0.2, -0.15) is 0 Å². The molecule has 4 heteroatoms. The Bertz CT molecular complexity index is 414. The van der Waals surface area contributed by atoms with Crippen LogP contribution >= 0.6 is 0 Å². The first-order valence-electron chi connectivity index (χ1n) is 4.77. The number of nitrogens with zero attached hydrogens (tertiary/aromatic N) is 1. The molecule has 0 unspecified atom stereocenters. The fourth-order valence-corrected chi connectivity index (χ4v) is 1.22. The molecule has 4 nitrogen and oxygen atoms in total. The average molecular weight is 219 g/mol. The van der Waals surface area contributed by atoms with E-state index < -0.39 is 4.92 Å². The summed E-state index contributed by atoms with van der Waals surface area (Å²) in [6.45, 7) is 3.77. The topological polar surface area (TPSA) is 52.4 Å². The molecular formula is C12H13NO3. The van der Waals surface area contributed by atoms with E-state index in [9.17, 15) is 10.1 Å². The summed E-state index contributed by atoms with van der Waals surface area (Å²) in [4.78, 5) is 10.4. The Kier molecular flexibility index (Phi) is 4.27. The third kappa shape index (κ3) is 3.24. The van der Waals surface area contributed by atoms with E-state index in [1.54, 1.807) is 30.4 Å². The molecule has 0 N–H and O–H groups in total. The molecule has 84 valence electrons. The van der Waals surface area contributed by atoms with Crippen molar-refractivity contribution in [3.8, 4) is 0 Å². The summed E-state index contributed by atoms with van der Waals surface area (Å²) in [7, 11) is 1.41. The number of methoxy groups -OCH3 is 1. The van der Waals surface area contributed by atoms with E-state index in [2.05, 4.69) is 6.58 Å². The monoisotopic (exact) mass is 219 g/mol. The smallest absolute Gasteiger partial charge is 0.291 e. The second kappa shape index (κ2) is 5.70. The molecule has 0 fully saturated rings. The Morgan fingerprint density at radius 3 is 2.75 bits per heavy atom. The van der Waals surface area contributed by atoms with Gasteiger partial charge in [-0.25, -0.2) is 0 Å². The van der Waals surface area contributed by atoms with Gasteiger partial charge in [0.25, 0.3) is 5.70 Å². The molecule has 1 aliphatic carbocycles. The Morgan fingerprint density at radius 1 is 1.38 bits per heavy atom. The lowest BCUT2D eigenvalue weighted by atomic mass is 10.1. The fraction of sp³-hybridized carbons (Fsp3) is 0.167. The average Bonchev–Trinajstić information content (AvgIpc) is 2.26. The molecule has 0 bridgehead atoms. The Hall–Kier alpha value is -2.10. The van der Waals surface area contributed by atoms with Crippen molar-refractivity contribution in [3.63, 3.8) is 0 Å². The van der Waals surface area contributed by atoms with Crippen LogP contribution in [0.15, 0.2) is 60.1 Å². The second-order valence-corrected chi connectivity index (χ2v) is 3.17. The molecule has 1 aliphatic rings. The van der Waals surface area contributed by atoms with Gasteiger partial charge >= 0.3 is 0 Å². The van der Waals surface area contributed by atoms with Crippen LogP contribution in [0.2, 0.25) is 0 Å². The number of rotatable bonds is 2. The van der Waals surface area contributed by atoms with Crippen molar-refractivity contribution in [3.05, 3.63) is 70.2 Å². The number of ether oxygens (including phenoxy) is 1. The highest BCUT2D eigenvalue weighted by atomic mass is 16.6. The van der Waals surface area contributed by atoms with Gasteiger partial charge in [0.1, 0.15) is 0 Å². The summed E-state index contributed by atoms with van der Waals surface area (Å²) in [6.07, 6.45) is 10.5. The SMILES string of the molecule is C=C1/C=C\C=C/C/C([N+](=O)[O-])=C(OC)\C=C/1. The van der Waals surface area contributed by atoms with Crippen LogP contribution in [0.1, 0.15) is 6.42 Å². The number of hydrogen-bond acceptors (Lipinski definition) is 3. The molecule has 0 aromatic heterocycles. The Labute approximate surface area is 94.1 Å². The van der Waals surface area contributed by atoms with Crippen LogP contribution in [0.3, 0.4) is 0 Å². The summed E-state index contributed by atoms with van der Waals surface area (Å²) in [5.74, 6) is 0.256. The molecule has 0 spiro atoms. The first-order valence-corrected chi connectivity index (χ1v) is 4.77. The summed E-state index contributed by atoms with van der Waals surface area (Å²) >= 11 is 0. The van der Waals surface area contributed by atoms with E-state index in [1.807, 2.05) is 6.08 Å². The van der Waals surface area contributed by atoms with E-state index in [-0.39, 0.29) is 17.9 Å². The number of nitro groups is 1. The van der Waals surface area contributed by atoms with Crippen molar-refractivity contribution in [2.45, 2.75) is 6.42 Å². The van der Waals surface area contributed by atoms with E-state index in [0.29, 0.717) is 0 Å². The molecule has 0 aromatic rings. The highest BCUT2D eigenvalue weighted by molar-refractivity contribution is 5.34. The maximum absolute atomic E-state index is 10.8. The molecule has 0 aliphatic heterocycles. The zero-order chi connectivity index (χ0) is 12.0. The molecule has 16 heavy (non-hydrogen) atoms. The fourth-order valence-electron chi connectivity index (χ4n) is 1.22. The van der Waals surface area contributed by atoms with Gasteiger partial charge in [-0.05, 0) is 11.6 Å². The Balaban J connectivity index is 3.14. The lowest BCUT2D eigenvalue weighted by Gasteiger charge is -2.03. The quantitative estimate of drug-likeness (QED) is 0.530. The van der Waals surface area contributed by atoms with Crippen LogP contribution in [-0.2, 0) is 4.74 Å². The summed E-state index contributed by atoms with van der Waals surface area (Å²) in [5, 5.41) is 10.8. The van der Waals surface area contributed by atoms with Crippen LogP contribution in [0.4, 0.5) is 0 Å². The largest absolute Gasteiger partial charge is 0.490 e. The van der Waals surface area contributed by atoms with E-state index >= 15 is 0 Å². The molecular weight excluding hydrogens is 206 g/mol. The maximum Gasteiger partial charge on any atom is 0.291 e. The zero-order valence-corrected chi connectivity index (χ0v) is 9.05. The predicted molar refractivity (Wildman–Crippen MR) is 62.2 cm³/mol. The molecule has 0 atom stereocenters. The van der Waals surface area contributed by atoms with Crippen LogP contribution in [0.5, 0.6) is 0 Å². The van der Waals surface area contributed by atoms with Gasteiger partial charge in [0.05, 0.1) is 18.5 Å². The maximum atomic E-state index is 10.8. The van der Waals surface area contributed by atoms with Gasteiger partial charge in [-0.15, -0.1) is 0 Å². The van der Waals surface area contributed by atoms with Crippen LogP contribution in [0, 0.1) is 10.1 Å². The summed E-state index contributed by atoms with van der Waals surface area (Å²) in [5.41, 5.74) is 0.793. The van der Waals surface area contributed by atoms with Crippen molar-refractivity contribution in [1.82, 2.24) is 0 Å². The first kappa shape index (κ1) is 12.0. The van der Waals surface area contributed by atoms with Gasteiger partial charge in [-0.1, -0.05) is 37.0 Å². The van der Waals surface area contributed by atoms with Crippen molar-refractivity contribution < 1.29 is 9.66 Å². The lowest BCUT2D eigenvalue weighted by Crippen LogP contribution is -2.03. The molecule has 0 aromatic carbocycles. The van der Waals surface area contributed by atoms with Gasteiger partial charge in [0.2, 0.25) is 0 Å². The van der Waals surface area contributed by atoms with E-state index in [0.717, 1.165) is 5.57 Å². The summed E-state index contributed by atoms with van der Waals surface area (Å²) < 4.78 is 5.00. The molecule has 0 saturated carbocycles. The normalized spacial score (nSPS) is 26.9. The molecule has 0 heterocycles. The highest BCUT2D eigenvalue weighted by Gasteiger charge is 2.15. The summed E-state index contributed by atoms with van der Waals surface area (Å²) in [6, 6.07) is 0. The van der Waals surface area contributed by atoms with E-state index in [4.69, 9.17) is 4.74 Å². The van der Waals surface area contributed by atoms with Gasteiger partial charge in [0.15, 0.2) is 5.76 Å². The lowest BCUT2D eigenvalue weighted by molar-refractivity contribution is -0.429.